The van der Waals surface area contributed by atoms with E-state index in [1.807, 2.05) is 49.4 Å². The standard InChI is InChI=1S/C18H20O2/c1-4-5-6-7-14(2)16-9-11-17(12-10-16)18(20)13-8-15(3)19/h4-7,9-12H,1,8,13H2,2-3H3/b6-5-,14-7+. The molecule has 0 aliphatic heterocycles. The van der Waals surface area contributed by atoms with Gasteiger partial charge in [0.25, 0.3) is 0 Å². The van der Waals surface area contributed by atoms with Crippen LogP contribution in [-0.4, -0.2) is 11.6 Å². The van der Waals surface area contributed by atoms with Crippen molar-refractivity contribution >= 4 is 17.1 Å². The first-order valence-corrected chi connectivity index (χ1v) is 6.63. The monoisotopic (exact) mass is 268 g/mol. The maximum Gasteiger partial charge on any atom is 0.163 e. The summed E-state index contributed by atoms with van der Waals surface area (Å²) >= 11 is 0. The van der Waals surface area contributed by atoms with Crippen molar-refractivity contribution in [1.29, 1.82) is 0 Å². The molecule has 0 saturated carbocycles. The smallest absolute Gasteiger partial charge is 0.163 e. The van der Waals surface area contributed by atoms with Gasteiger partial charge in [0.05, 0.1) is 0 Å². The summed E-state index contributed by atoms with van der Waals surface area (Å²) in [7, 11) is 0. The van der Waals surface area contributed by atoms with E-state index in [-0.39, 0.29) is 18.0 Å². The van der Waals surface area contributed by atoms with E-state index < -0.39 is 0 Å². The van der Waals surface area contributed by atoms with Crippen LogP contribution in [0.5, 0.6) is 0 Å². The highest BCUT2D eigenvalue weighted by Crippen LogP contribution is 2.16. The molecule has 0 fully saturated rings. The minimum absolute atomic E-state index is 0.0138. The molecule has 0 aliphatic rings. The summed E-state index contributed by atoms with van der Waals surface area (Å²) in [5.41, 5.74) is 2.84. The van der Waals surface area contributed by atoms with Gasteiger partial charge in [0.15, 0.2) is 5.78 Å². The largest absolute Gasteiger partial charge is 0.300 e. The van der Waals surface area contributed by atoms with E-state index in [0.717, 1.165) is 11.1 Å². The van der Waals surface area contributed by atoms with E-state index in [2.05, 4.69) is 6.58 Å². The predicted octanol–water partition coefficient (Wildman–Crippen LogP) is 4.38. The first-order chi connectivity index (χ1) is 9.54. The number of benzene rings is 1. The lowest BCUT2D eigenvalue weighted by molar-refractivity contribution is -0.116. The van der Waals surface area contributed by atoms with Crippen molar-refractivity contribution < 1.29 is 9.59 Å². The molecule has 0 aliphatic carbocycles. The molecule has 0 radical (unpaired) electrons. The molecule has 0 N–H and O–H groups in total. The molecule has 20 heavy (non-hydrogen) atoms. The Morgan fingerprint density at radius 1 is 1.00 bits per heavy atom. The zero-order valence-electron chi connectivity index (χ0n) is 12.1. The number of Topliss-reactive ketones (excluding diaryl/α,β-unsaturated/α-hetero) is 2. The minimum atomic E-state index is 0.0138. The predicted molar refractivity (Wildman–Crippen MR) is 83.7 cm³/mol. The van der Waals surface area contributed by atoms with Crippen LogP contribution in [0.2, 0.25) is 0 Å². The summed E-state index contributed by atoms with van der Waals surface area (Å²) in [6.07, 6.45) is 8.10. The minimum Gasteiger partial charge on any atom is -0.300 e. The molecule has 0 atom stereocenters. The van der Waals surface area contributed by atoms with E-state index in [0.29, 0.717) is 12.0 Å². The normalized spacial score (nSPS) is 11.6. The van der Waals surface area contributed by atoms with Crippen molar-refractivity contribution in [2.75, 3.05) is 0 Å². The molecule has 0 saturated heterocycles. The number of allylic oxidation sites excluding steroid dienone is 5. The molecule has 104 valence electrons. The van der Waals surface area contributed by atoms with Crippen molar-refractivity contribution in [2.45, 2.75) is 26.7 Å². The second-order valence-electron chi connectivity index (χ2n) is 4.67. The topological polar surface area (TPSA) is 34.1 Å². The van der Waals surface area contributed by atoms with Gasteiger partial charge >= 0.3 is 0 Å². The highest BCUT2D eigenvalue weighted by molar-refractivity contribution is 5.98. The van der Waals surface area contributed by atoms with Gasteiger partial charge in [-0.05, 0) is 25.0 Å². The fourth-order valence-corrected chi connectivity index (χ4v) is 1.73. The molecular formula is C18H20O2. The van der Waals surface area contributed by atoms with Crippen molar-refractivity contribution in [3.8, 4) is 0 Å². The number of ketones is 2. The molecule has 1 rings (SSSR count). The van der Waals surface area contributed by atoms with Gasteiger partial charge in [0.1, 0.15) is 5.78 Å². The first kappa shape index (κ1) is 15.8. The second kappa shape index (κ2) is 8.05. The molecule has 0 amide bonds. The third-order valence-corrected chi connectivity index (χ3v) is 2.96. The second-order valence-corrected chi connectivity index (χ2v) is 4.67. The third kappa shape index (κ3) is 5.19. The van der Waals surface area contributed by atoms with Crippen LogP contribution in [0.1, 0.15) is 42.6 Å². The number of carbonyl (C=O) groups excluding carboxylic acids is 2. The van der Waals surface area contributed by atoms with E-state index in [1.54, 1.807) is 6.08 Å². The number of rotatable bonds is 7. The van der Waals surface area contributed by atoms with Crippen molar-refractivity contribution in [1.82, 2.24) is 0 Å². The van der Waals surface area contributed by atoms with Gasteiger partial charge in [0, 0.05) is 18.4 Å². The van der Waals surface area contributed by atoms with E-state index in [1.165, 1.54) is 6.92 Å². The van der Waals surface area contributed by atoms with Crippen molar-refractivity contribution in [2.24, 2.45) is 0 Å². The molecule has 0 aromatic heterocycles. The Kier molecular flexibility index (Phi) is 6.38. The lowest BCUT2D eigenvalue weighted by atomic mass is 10.0. The van der Waals surface area contributed by atoms with Gasteiger partial charge in [-0.25, -0.2) is 0 Å². The Hall–Kier alpha value is -2.22. The first-order valence-electron chi connectivity index (χ1n) is 6.63. The average molecular weight is 268 g/mol. The molecule has 0 heterocycles. The van der Waals surface area contributed by atoms with Gasteiger partial charge in [-0.2, -0.15) is 0 Å². The van der Waals surface area contributed by atoms with Gasteiger partial charge in [-0.15, -0.1) is 0 Å². The Labute approximate surface area is 120 Å². The molecule has 1 aromatic carbocycles. The lowest BCUT2D eigenvalue weighted by Gasteiger charge is -2.03. The van der Waals surface area contributed by atoms with Crippen LogP contribution in [0.15, 0.2) is 55.1 Å². The summed E-state index contributed by atoms with van der Waals surface area (Å²) in [6, 6.07) is 7.47. The van der Waals surface area contributed by atoms with E-state index in [9.17, 15) is 9.59 Å². The molecule has 2 heteroatoms. The van der Waals surface area contributed by atoms with E-state index in [4.69, 9.17) is 0 Å². The summed E-state index contributed by atoms with van der Waals surface area (Å²) in [5, 5.41) is 0. The zero-order valence-corrected chi connectivity index (χ0v) is 12.1. The lowest BCUT2D eigenvalue weighted by Crippen LogP contribution is -2.02. The number of hydrogen-bond acceptors (Lipinski definition) is 2. The Morgan fingerprint density at radius 3 is 2.15 bits per heavy atom. The Bertz CT molecular complexity index is 545. The molecule has 0 unspecified atom stereocenters. The summed E-state index contributed by atoms with van der Waals surface area (Å²) < 4.78 is 0. The van der Waals surface area contributed by atoms with Crippen LogP contribution in [0.3, 0.4) is 0 Å². The molecule has 2 nitrogen and oxygen atoms in total. The maximum atomic E-state index is 11.9. The number of carbonyl (C=O) groups is 2. The summed E-state index contributed by atoms with van der Waals surface area (Å²) in [5.74, 6) is 0.0580. The molecular weight excluding hydrogens is 248 g/mol. The summed E-state index contributed by atoms with van der Waals surface area (Å²) in [6.45, 7) is 7.13. The SMILES string of the molecule is C=C/C=C\C=C(/C)c1ccc(C(=O)CCC(C)=O)cc1. The van der Waals surface area contributed by atoms with Crippen LogP contribution in [0.4, 0.5) is 0 Å². The Balaban J connectivity index is 2.75. The third-order valence-electron chi connectivity index (χ3n) is 2.96. The average Bonchev–Trinajstić information content (AvgIpc) is 2.45. The van der Waals surface area contributed by atoms with Crippen LogP contribution >= 0.6 is 0 Å². The van der Waals surface area contributed by atoms with Gasteiger partial charge in [-0.3, -0.25) is 4.79 Å². The molecule has 0 spiro atoms. The van der Waals surface area contributed by atoms with Gasteiger partial charge < -0.3 is 4.79 Å². The Morgan fingerprint density at radius 2 is 1.60 bits per heavy atom. The van der Waals surface area contributed by atoms with Crippen LogP contribution in [0, 0.1) is 0 Å². The van der Waals surface area contributed by atoms with Crippen LogP contribution < -0.4 is 0 Å². The fraction of sp³-hybridized carbons (Fsp3) is 0.222. The summed E-state index contributed by atoms with van der Waals surface area (Å²) in [4.78, 5) is 22.7. The van der Waals surface area contributed by atoms with Crippen molar-refractivity contribution in [3.05, 3.63) is 66.3 Å². The number of hydrogen-bond donors (Lipinski definition) is 0. The van der Waals surface area contributed by atoms with Crippen LogP contribution in [0.25, 0.3) is 5.57 Å². The highest BCUT2D eigenvalue weighted by atomic mass is 16.1. The highest BCUT2D eigenvalue weighted by Gasteiger charge is 2.07. The molecule has 1 aromatic rings. The van der Waals surface area contributed by atoms with Crippen molar-refractivity contribution in [3.63, 3.8) is 0 Å². The van der Waals surface area contributed by atoms with Crippen LogP contribution in [-0.2, 0) is 4.79 Å². The van der Waals surface area contributed by atoms with Gasteiger partial charge in [-0.1, -0.05) is 55.1 Å². The maximum absolute atomic E-state index is 11.9. The van der Waals surface area contributed by atoms with Gasteiger partial charge in [0.2, 0.25) is 0 Å². The molecule has 0 bridgehead atoms. The fourth-order valence-electron chi connectivity index (χ4n) is 1.73. The zero-order chi connectivity index (χ0) is 15.0. The quantitative estimate of drug-likeness (QED) is 0.543. The van der Waals surface area contributed by atoms with E-state index >= 15 is 0 Å².